The van der Waals surface area contributed by atoms with Crippen LogP contribution in [0.3, 0.4) is 0 Å². The maximum Gasteiger partial charge on any atom is 0.320 e. The molecule has 2 N–H and O–H groups in total. The molecule has 0 radical (unpaired) electrons. The second-order valence-corrected chi connectivity index (χ2v) is 17.1. The molecule has 2 aromatic heterocycles. The molecule has 0 bridgehead atoms. The van der Waals surface area contributed by atoms with Gasteiger partial charge in [0.2, 0.25) is 5.91 Å². The average molecular weight is 991 g/mol. The van der Waals surface area contributed by atoms with Gasteiger partial charge in [0.15, 0.2) is 23.0 Å². The predicted octanol–water partition coefficient (Wildman–Crippen LogP) is 8.66. The van der Waals surface area contributed by atoms with E-state index in [2.05, 4.69) is 30.6 Å². The summed E-state index contributed by atoms with van der Waals surface area (Å²) < 4.78 is 61.1. The SMILES string of the molecule is COCC(=O)N1CCC(Oc2cc3c(Nc4ccc(F)c(Cl)c4)ncnc3cc2OC)CC1.COc1cc2ncnc(Nc3ccc(F)c(Cl)c3)c2cc1OC1CCN(C(=O)N2CCOCC2)CC1. The van der Waals surface area contributed by atoms with E-state index in [4.69, 9.17) is 51.6 Å². The quantitative estimate of drug-likeness (QED) is 0.119. The van der Waals surface area contributed by atoms with E-state index in [1.165, 1.54) is 44.0 Å². The molecular weight excluding hydrogens is 939 g/mol. The van der Waals surface area contributed by atoms with Crippen LogP contribution in [0.15, 0.2) is 73.3 Å². The summed E-state index contributed by atoms with van der Waals surface area (Å²) in [4.78, 5) is 47.7. The highest BCUT2D eigenvalue weighted by atomic mass is 35.5. The molecule has 0 saturated carbocycles. The van der Waals surface area contributed by atoms with Crippen LogP contribution in [0, 0.1) is 11.6 Å². The second kappa shape index (κ2) is 22.7. The Balaban J connectivity index is 0.000000187. The van der Waals surface area contributed by atoms with Crippen LogP contribution in [0.25, 0.3) is 21.8 Å². The molecular formula is C48H51Cl2F2N9O8. The number of aromatic nitrogens is 4. The summed E-state index contributed by atoms with van der Waals surface area (Å²) in [7, 11) is 4.66. The fourth-order valence-electron chi connectivity index (χ4n) is 8.17. The number of piperidine rings is 2. The summed E-state index contributed by atoms with van der Waals surface area (Å²) in [5.41, 5.74) is 2.51. The molecule has 364 valence electrons. The Labute approximate surface area is 406 Å². The van der Waals surface area contributed by atoms with Crippen molar-refractivity contribution in [2.24, 2.45) is 0 Å². The first-order valence-electron chi connectivity index (χ1n) is 22.3. The van der Waals surface area contributed by atoms with Gasteiger partial charge in [0.05, 0.1) is 48.5 Å². The minimum Gasteiger partial charge on any atom is -0.493 e. The van der Waals surface area contributed by atoms with Crippen molar-refractivity contribution >= 4 is 80.0 Å². The molecule has 17 nitrogen and oxygen atoms in total. The van der Waals surface area contributed by atoms with E-state index in [0.717, 1.165) is 0 Å². The molecule has 3 fully saturated rings. The van der Waals surface area contributed by atoms with Crippen molar-refractivity contribution in [3.8, 4) is 23.0 Å². The molecule has 69 heavy (non-hydrogen) atoms. The molecule has 3 aliphatic heterocycles. The Morgan fingerprint density at radius 2 is 1.07 bits per heavy atom. The van der Waals surface area contributed by atoms with Crippen LogP contribution in [0.1, 0.15) is 25.7 Å². The lowest BCUT2D eigenvalue weighted by molar-refractivity contribution is -0.136. The van der Waals surface area contributed by atoms with E-state index < -0.39 is 11.6 Å². The lowest BCUT2D eigenvalue weighted by atomic mass is 10.1. The van der Waals surface area contributed by atoms with Gasteiger partial charge in [0.1, 0.15) is 54.7 Å². The summed E-state index contributed by atoms with van der Waals surface area (Å²) in [5.74, 6) is 2.28. The number of anilines is 4. The molecule has 5 heterocycles. The Bertz CT molecular complexity index is 2780. The number of likely N-dealkylation sites (tertiary alicyclic amines) is 2. The van der Waals surface area contributed by atoms with Gasteiger partial charge in [0.25, 0.3) is 0 Å². The number of methoxy groups -OCH3 is 3. The number of nitrogens with one attached hydrogen (secondary N) is 2. The second-order valence-electron chi connectivity index (χ2n) is 16.3. The average Bonchev–Trinajstić information content (AvgIpc) is 3.37. The molecule has 0 aliphatic carbocycles. The molecule has 3 saturated heterocycles. The highest BCUT2D eigenvalue weighted by Gasteiger charge is 2.29. The van der Waals surface area contributed by atoms with Crippen molar-refractivity contribution in [2.75, 3.05) is 91.1 Å². The molecule has 21 heteroatoms. The fourth-order valence-corrected chi connectivity index (χ4v) is 8.53. The minimum absolute atomic E-state index is 0.0133. The number of halogens is 4. The van der Waals surface area contributed by atoms with Crippen LogP contribution in [-0.2, 0) is 14.3 Å². The number of carbonyl (C=O) groups excluding carboxylic acids is 2. The largest absolute Gasteiger partial charge is 0.493 e. The van der Waals surface area contributed by atoms with Crippen LogP contribution in [0.5, 0.6) is 23.0 Å². The van der Waals surface area contributed by atoms with Crippen molar-refractivity contribution in [2.45, 2.75) is 37.9 Å². The zero-order valence-corrected chi connectivity index (χ0v) is 39.7. The predicted molar refractivity (Wildman–Crippen MR) is 257 cm³/mol. The summed E-state index contributed by atoms with van der Waals surface area (Å²) in [6.45, 7) is 4.96. The molecule has 0 unspecified atom stereocenters. The fraction of sp³-hybridized carbons (Fsp3) is 0.375. The number of benzene rings is 4. The van der Waals surface area contributed by atoms with Crippen LogP contribution < -0.4 is 29.6 Å². The number of amides is 3. The van der Waals surface area contributed by atoms with Gasteiger partial charge in [-0.1, -0.05) is 23.2 Å². The van der Waals surface area contributed by atoms with Crippen LogP contribution in [-0.4, -0.2) is 139 Å². The van der Waals surface area contributed by atoms with E-state index in [-0.39, 0.29) is 40.8 Å². The molecule has 9 rings (SSSR count). The minimum atomic E-state index is -0.495. The monoisotopic (exact) mass is 989 g/mol. The standard InChI is InChI=1S/C25H27ClFN5O4.C23H24ClFN4O4/c1-34-22-14-21-18(24(29-15-28-21)30-16-2-3-20(27)19(26)12-16)13-23(22)36-17-4-6-31(7-5-17)25(33)32-8-10-35-11-9-32;1-31-12-22(30)29-7-5-15(6-8-29)33-21-10-16-19(11-20(21)32-2)26-13-27-23(16)28-14-3-4-18(25)17(24)9-14/h2-3,12-15,17H,4-11H2,1H3,(H,28,29,30);3-4,9-11,13,15H,5-8,12H2,1-2H3,(H,26,27,28). The van der Waals surface area contributed by atoms with E-state index in [9.17, 15) is 18.4 Å². The summed E-state index contributed by atoms with van der Waals surface area (Å²) >= 11 is 11.8. The Morgan fingerprint density at radius 1 is 0.623 bits per heavy atom. The van der Waals surface area contributed by atoms with Crippen LogP contribution in [0.2, 0.25) is 10.0 Å². The van der Waals surface area contributed by atoms with Gasteiger partial charge in [-0.05, 0) is 48.5 Å². The zero-order chi connectivity index (χ0) is 48.4. The topological polar surface area (TPSA) is 175 Å². The first kappa shape index (κ1) is 48.9. The molecule has 3 amide bonds. The first-order chi connectivity index (χ1) is 33.5. The van der Waals surface area contributed by atoms with Crippen molar-refractivity contribution < 1.29 is 46.8 Å². The number of hydrogen-bond donors (Lipinski definition) is 2. The Kier molecular flexibility index (Phi) is 16.1. The van der Waals surface area contributed by atoms with E-state index in [1.54, 1.807) is 43.4 Å². The Hall–Kier alpha value is -6.54. The summed E-state index contributed by atoms with van der Waals surface area (Å²) in [6, 6.07) is 16.0. The summed E-state index contributed by atoms with van der Waals surface area (Å²) in [6.07, 6.45) is 5.55. The van der Waals surface area contributed by atoms with Crippen molar-refractivity contribution in [3.63, 3.8) is 0 Å². The molecule has 0 spiro atoms. The maximum atomic E-state index is 13.6. The number of carbonyl (C=O) groups is 2. The smallest absolute Gasteiger partial charge is 0.320 e. The van der Waals surface area contributed by atoms with Gasteiger partial charge >= 0.3 is 6.03 Å². The number of urea groups is 1. The van der Waals surface area contributed by atoms with Gasteiger partial charge in [0, 0.05) is 106 Å². The van der Waals surface area contributed by atoms with Gasteiger partial charge in [-0.3, -0.25) is 4.79 Å². The normalized spacial score (nSPS) is 15.6. The number of hydrogen-bond acceptors (Lipinski definition) is 14. The van der Waals surface area contributed by atoms with E-state index in [0.29, 0.717) is 146 Å². The van der Waals surface area contributed by atoms with E-state index >= 15 is 0 Å². The zero-order valence-electron chi connectivity index (χ0n) is 38.2. The highest BCUT2D eigenvalue weighted by Crippen LogP contribution is 2.38. The first-order valence-corrected chi connectivity index (χ1v) is 23.1. The molecule has 3 aliphatic rings. The maximum absolute atomic E-state index is 13.6. The number of fused-ring (bicyclic) bond motifs is 2. The van der Waals surface area contributed by atoms with E-state index in [1.807, 2.05) is 21.9 Å². The van der Waals surface area contributed by atoms with Crippen molar-refractivity contribution in [1.82, 2.24) is 34.6 Å². The molecule has 4 aromatic carbocycles. The van der Waals surface area contributed by atoms with Gasteiger partial charge in [-0.2, -0.15) is 0 Å². The lowest BCUT2D eigenvalue weighted by Crippen LogP contribution is -2.51. The number of rotatable bonds is 12. The lowest BCUT2D eigenvalue weighted by Gasteiger charge is -2.37. The van der Waals surface area contributed by atoms with Crippen LogP contribution in [0.4, 0.5) is 36.6 Å². The van der Waals surface area contributed by atoms with Crippen molar-refractivity contribution in [3.05, 3.63) is 95.0 Å². The number of morpholine rings is 1. The third-order valence-electron chi connectivity index (χ3n) is 11.9. The Morgan fingerprint density at radius 3 is 1.51 bits per heavy atom. The van der Waals surface area contributed by atoms with Crippen molar-refractivity contribution in [1.29, 1.82) is 0 Å². The van der Waals surface area contributed by atoms with Gasteiger partial charge < -0.3 is 53.8 Å². The summed E-state index contributed by atoms with van der Waals surface area (Å²) in [5, 5.41) is 7.79. The van der Waals surface area contributed by atoms with Gasteiger partial charge in [-0.15, -0.1) is 0 Å². The van der Waals surface area contributed by atoms with Gasteiger partial charge in [-0.25, -0.2) is 33.5 Å². The molecule has 6 aromatic rings. The third-order valence-corrected chi connectivity index (χ3v) is 12.4. The third kappa shape index (κ3) is 12.0. The molecule has 0 atom stereocenters. The number of nitrogens with zero attached hydrogens (tertiary/aromatic N) is 7. The highest BCUT2D eigenvalue weighted by molar-refractivity contribution is 6.31. The van der Waals surface area contributed by atoms with Crippen LogP contribution >= 0.6 is 23.2 Å². The number of ether oxygens (including phenoxy) is 6.